The Morgan fingerprint density at radius 1 is 0.977 bits per heavy atom. The van der Waals surface area contributed by atoms with E-state index in [-0.39, 0.29) is 37.7 Å². The Morgan fingerprint density at radius 3 is 2.27 bits per heavy atom. The zero-order chi connectivity index (χ0) is 32.2. The Morgan fingerprint density at radius 2 is 1.64 bits per heavy atom. The third kappa shape index (κ3) is 9.55. The van der Waals surface area contributed by atoms with Crippen LogP contribution in [-0.2, 0) is 32.0 Å². The van der Waals surface area contributed by atoms with Crippen molar-refractivity contribution in [1.82, 2.24) is 30.9 Å². The lowest BCUT2D eigenvalue weighted by atomic mass is 9.98. The van der Waals surface area contributed by atoms with E-state index >= 15 is 0 Å². The fourth-order valence-electron chi connectivity index (χ4n) is 4.64. The number of para-hydroxylation sites is 1. The van der Waals surface area contributed by atoms with Gasteiger partial charge in [-0.25, -0.2) is 9.78 Å². The fourth-order valence-corrected chi connectivity index (χ4v) is 4.64. The first kappa shape index (κ1) is 33.6. The number of carbonyl (C=O) groups excluding carboxylic acids is 3. The molecule has 3 amide bonds. The topological polar surface area (TPSA) is 259 Å². The Labute approximate surface area is 254 Å². The first-order chi connectivity index (χ1) is 21.0. The van der Waals surface area contributed by atoms with Gasteiger partial charge in [0.25, 0.3) is 0 Å². The highest BCUT2D eigenvalue weighted by atomic mass is 16.4. The Balaban J connectivity index is 1.84. The van der Waals surface area contributed by atoms with Crippen LogP contribution in [0.2, 0.25) is 0 Å². The quantitative estimate of drug-likeness (QED) is 0.0548. The molecule has 3 rings (SSSR count). The standard InChI is InChI=1S/C29H42N10O5/c1-3-16(2)24(30)27(42)39-22(11-17-13-35-20-8-5-4-7-19(17)20)25(40)38-23(12-18-14-33-15-36-18)26(41)37-21(28(43)44)9-6-10-34-29(31)32/h4-5,7-8,13-16,21-24,35H,3,6,9-12,30H2,1-2H3,(H,33,36)(H,37,41)(H,38,40)(H,39,42)(H,43,44)(H4,31,32,34). The number of aromatic amines is 2. The van der Waals surface area contributed by atoms with Gasteiger partial charge in [0.15, 0.2) is 5.96 Å². The number of hydrogen-bond acceptors (Lipinski definition) is 7. The molecule has 3 aromatic rings. The summed E-state index contributed by atoms with van der Waals surface area (Å²) in [5.41, 5.74) is 19.0. The van der Waals surface area contributed by atoms with Gasteiger partial charge in [0.05, 0.1) is 12.4 Å². The van der Waals surface area contributed by atoms with E-state index in [1.165, 1.54) is 12.5 Å². The summed E-state index contributed by atoms with van der Waals surface area (Å²) in [5, 5.41) is 18.6. The minimum atomic E-state index is -1.26. The normalized spacial score (nSPS) is 14.5. The fraction of sp³-hybridized carbons (Fsp3) is 0.448. The van der Waals surface area contributed by atoms with E-state index in [4.69, 9.17) is 17.2 Å². The number of aliphatic imine (C=N–C) groups is 1. The molecule has 0 bridgehead atoms. The highest BCUT2D eigenvalue weighted by Crippen LogP contribution is 2.19. The molecular formula is C29H42N10O5. The van der Waals surface area contributed by atoms with Crippen molar-refractivity contribution in [1.29, 1.82) is 0 Å². The number of amides is 3. The molecule has 0 aliphatic heterocycles. The highest BCUT2D eigenvalue weighted by Gasteiger charge is 2.32. The van der Waals surface area contributed by atoms with Crippen LogP contribution >= 0.6 is 0 Å². The minimum absolute atomic E-state index is 0.0158. The summed E-state index contributed by atoms with van der Waals surface area (Å²) in [5.74, 6) is -3.37. The molecule has 2 aromatic heterocycles. The van der Waals surface area contributed by atoms with Gasteiger partial charge in [-0.1, -0.05) is 38.5 Å². The number of aliphatic carboxylic acids is 1. The molecule has 15 heteroatoms. The second kappa shape index (κ2) is 16.1. The molecular weight excluding hydrogens is 568 g/mol. The molecule has 0 saturated heterocycles. The van der Waals surface area contributed by atoms with E-state index in [0.29, 0.717) is 18.5 Å². The molecule has 5 atom stereocenters. The molecule has 15 nitrogen and oxygen atoms in total. The largest absolute Gasteiger partial charge is 0.480 e. The average Bonchev–Trinajstić information content (AvgIpc) is 3.66. The number of rotatable bonds is 17. The minimum Gasteiger partial charge on any atom is -0.480 e. The number of guanidine groups is 1. The molecule has 0 aliphatic rings. The number of hydrogen-bond donors (Lipinski definition) is 9. The zero-order valence-electron chi connectivity index (χ0n) is 24.9. The lowest BCUT2D eigenvalue weighted by molar-refractivity contribution is -0.142. The first-order valence-electron chi connectivity index (χ1n) is 14.5. The third-order valence-corrected chi connectivity index (χ3v) is 7.46. The number of imidazole rings is 1. The van der Waals surface area contributed by atoms with Crippen LogP contribution in [0.4, 0.5) is 0 Å². The predicted molar refractivity (Wildman–Crippen MR) is 165 cm³/mol. The van der Waals surface area contributed by atoms with E-state index in [1.807, 2.05) is 38.1 Å². The van der Waals surface area contributed by atoms with Crippen molar-refractivity contribution in [2.24, 2.45) is 28.1 Å². The van der Waals surface area contributed by atoms with Crippen molar-refractivity contribution in [3.63, 3.8) is 0 Å². The molecule has 12 N–H and O–H groups in total. The summed E-state index contributed by atoms with van der Waals surface area (Å²) < 4.78 is 0. The molecule has 238 valence electrons. The maximum Gasteiger partial charge on any atom is 0.326 e. The van der Waals surface area contributed by atoms with Crippen LogP contribution in [-0.4, -0.2) is 80.4 Å². The number of benzene rings is 1. The van der Waals surface area contributed by atoms with E-state index in [1.54, 1.807) is 6.20 Å². The summed E-state index contributed by atoms with van der Waals surface area (Å²) in [7, 11) is 0. The number of carboxylic acid groups (broad SMARTS) is 1. The maximum atomic E-state index is 13.8. The van der Waals surface area contributed by atoms with Crippen molar-refractivity contribution in [2.45, 2.75) is 70.1 Å². The molecule has 0 spiro atoms. The number of nitrogens with one attached hydrogen (secondary N) is 5. The number of nitrogens with two attached hydrogens (primary N) is 3. The zero-order valence-corrected chi connectivity index (χ0v) is 24.9. The van der Waals surface area contributed by atoms with Crippen LogP contribution in [0, 0.1) is 5.92 Å². The van der Waals surface area contributed by atoms with Crippen LogP contribution in [0.5, 0.6) is 0 Å². The summed E-state index contributed by atoms with van der Waals surface area (Å²) in [6.07, 6.45) is 5.78. The van der Waals surface area contributed by atoms with Crippen molar-refractivity contribution >= 4 is 40.6 Å². The van der Waals surface area contributed by atoms with E-state index in [0.717, 1.165) is 16.5 Å². The molecule has 5 unspecified atom stereocenters. The van der Waals surface area contributed by atoms with Gasteiger partial charge in [0, 0.05) is 48.4 Å². The molecule has 0 fully saturated rings. The van der Waals surface area contributed by atoms with Crippen molar-refractivity contribution in [2.75, 3.05) is 6.54 Å². The second-order valence-corrected chi connectivity index (χ2v) is 10.7. The SMILES string of the molecule is CCC(C)C(N)C(=O)NC(Cc1c[nH]c2ccccc12)C(=O)NC(Cc1cnc[nH]1)C(=O)NC(CCCN=C(N)N)C(=O)O. The van der Waals surface area contributed by atoms with Gasteiger partial charge < -0.3 is 48.2 Å². The maximum absolute atomic E-state index is 13.8. The lowest BCUT2D eigenvalue weighted by Crippen LogP contribution is -2.58. The Kier molecular flexibility index (Phi) is 12.3. The van der Waals surface area contributed by atoms with Crippen molar-refractivity contribution < 1.29 is 24.3 Å². The predicted octanol–water partition coefficient (Wildman–Crippen LogP) is -0.358. The van der Waals surface area contributed by atoms with E-state index in [9.17, 15) is 24.3 Å². The van der Waals surface area contributed by atoms with Crippen molar-refractivity contribution in [3.8, 4) is 0 Å². The van der Waals surface area contributed by atoms with Gasteiger partial charge in [0.1, 0.15) is 18.1 Å². The second-order valence-electron chi connectivity index (χ2n) is 10.7. The third-order valence-electron chi connectivity index (χ3n) is 7.46. The molecule has 0 saturated carbocycles. The molecule has 1 aromatic carbocycles. The van der Waals surface area contributed by atoms with Crippen molar-refractivity contribution in [3.05, 3.63) is 54.2 Å². The van der Waals surface area contributed by atoms with Crippen LogP contribution in [0.3, 0.4) is 0 Å². The number of carbonyl (C=O) groups is 4. The smallest absolute Gasteiger partial charge is 0.326 e. The van der Waals surface area contributed by atoms with Crippen LogP contribution < -0.4 is 33.2 Å². The number of aromatic nitrogens is 3. The molecule has 44 heavy (non-hydrogen) atoms. The van der Waals surface area contributed by atoms with Crippen LogP contribution in [0.25, 0.3) is 10.9 Å². The summed E-state index contributed by atoms with van der Waals surface area (Å²) >= 11 is 0. The molecule has 0 aliphatic carbocycles. The van der Waals surface area contributed by atoms with Crippen LogP contribution in [0.1, 0.15) is 44.4 Å². The molecule has 0 radical (unpaired) electrons. The highest BCUT2D eigenvalue weighted by molar-refractivity contribution is 5.95. The lowest BCUT2D eigenvalue weighted by Gasteiger charge is -2.26. The molecule has 2 heterocycles. The summed E-state index contributed by atoms with van der Waals surface area (Å²) in [6, 6.07) is 3.14. The Bertz CT molecular complexity index is 1430. The van der Waals surface area contributed by atoms with Crippen LogP contribution in [0.15, 0.2) is 48.0 Å². The van der Waals surface area contributed by atoms with Gasteiger partial charge in [-0.2, -0.15) is 0 Å². The first-order valence-corrected chi connectivity index (χ1v) is 14.5. The average molecular weight is 611 g/mol. The van der Waals surface area contributed by atoms with E-state index in [2.05, 4.69) is 35.9 Å². The number of carboxylic acids is 1. The van der Waals surface area contributed by atoms with Gasteiger partial charge in [0.2, 0.25) is 17.7 Å². The van der Waals surface area contributed by atoms with Gasteiger partial charge in [-0.15, -0.1) is 0 Å². The summed E-state index contributed by atoms with van der Waals surface area (Å²) in [4.78, 5) is 66.1. The van der Waals surface area contributed by atoms with Gasteiger partial charge >= 0.3 is 5.97 Å². The number of fused-ring (bicyclic) bond motifs is 1. The summed E-state index contributed by atoms with van der Waals surface area (Å²) in [6.45, 7) is 3.95. The van der Waals surface area contributed by atoms with Gasteiger partial charge in [-0.05, 0) is 30.4 Å². The Hall–Kier alpha value is -4.92. The number of H-pyrrole nitrogens is 2. The number of nitrogens with zero attached hydrogens (tertiary/aromatic N) is 2. The monoisotopic (exact) mass is 610 g/mol. The van der Waals surface area contributed by atoms with Gasteiger partial charge in [-0.3, -0.25) is 19.4 Å². The van der Waals surface area contributed by atoms with E-state index < -0.39 is 47.9 Å².